The molecule has 1 unspecified atom stereocenters. The fourth-order valence-electron chi connectivity index (χ4n) is 3.55. The molecule has 0 aromatic carbocycles. The summed E-state index contributed by atoms with van der Waals surface area (Å²) < 4.78 is 5.52. The SMILES string of the molecule is O=C(N1CCCC1)N1CCC(NC2CCCOC2)CC1. The van der Waals surface area contributed by atoms with Crippen LogP contribution in [0.15, 0.2) is 0 Å². The van der Waals surface area contributed by atoms with E-state index >= 15 is 0 Å². The number of ether oxygens (including phenoxy) is 1. The predicted molar refractivity (Wildman–Crippen MR) is 77.8 cm³/mol. The van der Waals surface area contributed by atoms with E-state index in [9.17, 15) is 4.79 Å². The van der Waals surface area contributed by atoms with E-state index in [1.807, 2.05) is 9.80 Å². The van der Waals surface area contributed by atoms with Crippen molar-refractivity contribution in [1.82, 2.24) is 15.1 Å². The third-order valence-corrected chi connectivity index (χ3v) is 4.77. The minimum Gasteiger partial charge on any atom is -0.380 e. The number of carbonyl (C=O) groups is 1. The van der Waals surface area contributed by atoms with Crippen molar-refractivity contribution in [2.45, 2.75) is 50.6 Å². The molecular weight excluding hydrogens is 254 g/mol. The smallest absolute Gasteiger partial charge is 0.319 e. The van der Waals surface area contributed by atoms with Gasteiger partial charge in [-0.2, -0.15) is 0 Å². The Hall–Kier alpha value is -0.810. The van der Waals surface area contributed by atoms with Crippen LogP contribution in [0.5, 0.6) is 0 Å². The van der Waals surface area contributed by atoms with Crippen LogP contribution in [0.25, 0.3) is 0 Å². The Morgan fingerprint density at radius 2 is 1.60 bits per heavy atom. The number of nitrogens with zero attached hydrogens (tertiary/aromatic N) is 2. The van der Waals surface area contributed by atoms with Crippen molar-refractivity contribution in [3.8, 4) is 0 Å². The van der Waals surface area contributed by atoms with Crippen LogP contribution < -0.4 is 5.32 Å². The van der Waals surface area contributed by atoms with Gasteiger partial charge in [-0.1, -0.05) is 0 Å². The molecule has 0 radical (unpaired) electrons. The number of hydrogen-bond donors (Lipinski definition) is 1. The highest BCUT2D eigenvalue weighted by molar-refractivity contribution is 5.74. The van der Waals surface area contributed by atoms with Crippen molar-refractivity contribution in [2.75, 3.05) is 39.4 Å². The highest BCUT2D eigenvalue weighted by Crippen LogP contribution is 2.17. The standard InChI is InChI=1S/C15H27N3O2/c19-15(17-7-1-2-8-17)18-9-5-13(6-10-18)16-14-4-3-11-20-12-14/h13-14,16H,1-12H2. The molecule has 2 amide bonds. The molecule has 3 aliphatic rings. The highest BCUT2D eigenvalue weighted by Gasteiger charge is 2.28. The number of likely N-dealkylation sites (tertiary alicyclic amines) is 2. The lowest BCUT2D eigenvalue weighted by Crippen LogP contribution is -2.51. The van der Waals surface area contributed by atoms with E-state index in [0.29, 0.717) is 12.1 Å². The molecule has 0 spiro atoms. The molecule has 1 N–H and O–H groups in total. The molecule has 3 heterocycles. The normalized spacial score (nSPS) is 28.9. The van der Waals surface area contributed by atoms with Crippen molar-refractivity contribution in [1.29, 1.82) is 0 Å². The maximum Gasteiger partial charge on any atom is 0.319 e. The number of nitrogens with one attached hydrogen (secondary N) is 1. The van der Waals surface area contributed by atoms with Crippen LogP contribution in [0, 0.1) is 0 Å². The van der Waals surface area contributed by atoms with Gasteiger partial charge in [-0.05, 0) is 38.5 Å². The van der Waals surface area contributed by atoms with E-state index < -0.39 is 0 Å². The van der Waals surface area contributed by atoms with E-state index in [1.54, 1.807) is 0 Å². The zero-order chi connectivity index (χ0) is 13.8. The Balaban J connectivity index is 1.40. The van der Waals surface area contributed by atoms with Gasteiger partial charge in [0.15, 0.2) is 0 Å². The first kappa shape index (κ1) is 14.1. The largest absolute Gasteiger partial charge is 0.380 e. The molecule has 20 heavy (non-hydrogen) atoms. The molecule has 0 aromatic rings. The lowest BCUT2D eigenvalue weighted by atomic mass is 10.0. The summed E-state index contributed by atoms with van der Waals surface area (Å²) in [4.78, 5) is 16.4. The first-order chi connectivity index (χ1) is 9.83. The second-order valence-electron chi connectivity index (χ2n) is 6.32. The van der Waals surface area contributed by atoms with E-state index in [4.69, 9.17) is 4.74 Å². The highest BCUT2D eigenvalue weighted by atomic mass is 16.5. The van der Waals surface area contributed by atoms with E-state index in [2.05, 4.69) is 5.32 Å². The van der Waals surface area contributed by atoms with Crippen molar-refractivity contribution in [2.24, 2.45) is 0 Å². The molecule has 3 rings (SSSR count). The topological polar surface area (TPSA) is 44.8 Å². The second-order valence-corrected chi connectivity index (χ2v) is 6.32. The van der Waals surface area contributed by atoms with Gasteiger partial charge in [-0.3, -0.25) is 0 Å². The first-order valence-corrected chi connectivity index (χ1v) is 8.20. The Kier molecular flexibility index (Phi) is 4.78. The van der Waals surface area contributed by atoms with E-state index in [-0.39, 0.29) is 6.03 Å². The van der Waals surface area contributed by atoms with Crippen molar-refractivity contribution >= 4 is 6.03 Å². The number of piperidine rings is 1. The molecule has 3 saturated heterocycles. The van der Waals surface area contributed by atoms with Crippen molar-refractivity contribution in [3.63, 3.8) is 0 Å². The van der Waals surface area contributed by atoms with Crippen LogP contribution in [-0.2, 0) is 4.74 Å². The summed E-state index contributed by atoms with van der Waals surface area (Å²) in [5, 5.41) is 3.71. The molecule has 1 atom stereocenters. The Labute approximate surface area is 121 Å². The average Bonchev–Trinajstić information content (AvgIpc) is 3.03. The fraction of sp³-hybridized carbons (Fsp3) is 0.933. The van der Waals surface area contributed by atoms with Gasteiger partial charge < -0.3 is 19.9 Å². The quantitative estimate of drug-likeness (QED) is 0.833. The molecule has 3 aliphatic heterocycles. The van der Waals surface area contributed by atoms with E-state index in [0.717, 1.165) is 52.2 Å². The maximum atomic E-state index is 12.3. The van der Waals surface area contributed by atoms with E-state index in [1.165, 1.54) is 25.7 Å². The minimum atomic E-state index is 0.266. The third-order valence-electron chi connectivity index (χ3n) is 4.77. The number of rotatable bonds is 2. The van der Waals surface area contributed by atoms with Crippen molar-refractivity contribution in [3.05, 3.63) is 0 Å². The summed E-state index contributed by atoms with van der Waals surface area (Å²) >= 11 is 0. The van der Waals surface area contributed by atoms with Crippen LogP contribution in [0.3, 0.4) is 0 Å². The number of carbonyl (C=O) groups excluding carboxylic acids is 1. The van der Waals surface area contributed by atoms with Crippen LogP contribution in [0.2, 0.25) is 0 Å². The fourth-order valence-corrected chi connectivity index (χ4v) is 3.55. The van der Waals surface area contributed by atoms with Gasteiger partial charge in [0.2, 0.25) is 0 Å². The monoisotopic (exact) mass is 281 g/mol. The van der Waals surface area contributed by atoms with Gasteiger partial charge in [0.05, 0.1) is 6.61 Å². The Morgan fingerprint density at radius 3 is 2.25 bits per heavy atom. The summed E-state index contributed by atoms with van der Waals surface area (Å²) in [6.45, 7) is 5.49. The molecular formula is C15H27N3O2. The maximum absolute atomic E-state index is 12.3. The van der Waals surface area contributed by atoms with Gasteiger partial charge in [0, 0.05) is 44.9 Å². The zero-order valence-corrected chi connectivity index (χ0v) is 12.4. The summed E-state index contributed by atoms with van der Waals surface area (Å²) in [5.41, 5.74) is 0. The Morgan fingerprint density at radius 1 is 0.900 bits per heavy atom. The van der Waals surface area contributed by atoms with Crippen LogP contribution in [0.4, 0.5) is 4.79 Å². The summed E-state index contributed by atoms with van der Waals surface area (Å²) in [7, 11) is 0. The molecule has 0 bridgehead atoms. The molecule has 3 fully saturated rings. The van der Waals surface area contributed by atoms with Gasteiger partial charge in [-0.15, -0.1) is 0 Å². The summed E-state index contributed by atoms with van der Waals surface area (Å²) in [6.07, 6.45) is 6.90. The molecule has 114 valence electrons. The summed E-state index contributed by atoms with van der Waals surface area (Å²) in [6, 6.07) is 1.35. The molecule has 0 aromatic heterocycles. The second kappa shape index (κ2) is 6.76. The molecule has 5 nitrogen and oxygen atoms in total. The van der Waals surface area contributed by atoms with Crippen molar-refractivity contribution < 1.29 is 9.53 Å². The van der Waals surface area contributed by atoms with Crippen LogP contribution in [0.1, 0.15) is 38.5 Å². The summed E-state index contributed by atoms with van der Waals surface area (Å²) in [5.74, 6) is 0. The number of amides is 2. The minimum absolute atomic E-state index is 0.266. The van der Waals surface area contributed by atoms with Gasteiger partial charge in [0.1, 0.15) is 0 Å². The lowest BCUT2D eigenvalue weighted by Gasteiger charge is -2.37. The average molecular weight is 281 g/mol. The molecule has 5 heteroatoms. The van der Waals surface area contributed by atoms with Gasteiger partial charge in [0.25, 0.3) is 0 Å². The molecule has 0 saturated carbocycles. The van der Waals surface area contributed by atoms with Crippen LogP contribution >= 0.6 is 0 Å². The Bertz CT molecular complexity index is 317. The number of urea groups is 1. The first-order valence-electron chi connectivity index (χ1n) is 8.20. The lowest BCUT2D eigenvalue weighted by molar-refractivity contribution is 0.0617. The molecule has 0 aliphatic carbocycles. The van der Waals surface area contributed by atoms with Crippen LogP contribution in [-0.4, -0.2) is 67.3 Å². The van der Waals surface area contributed by atoms with Gasteiger partial charge >= 0.3 is 6.03 Å². The zero-order valence-electron chi connectivity index (χ0n) is 12.4. The predicted octanol–water partition coefficient (Wildman–Crippen LogP) is 1.44. The number of hydrogen-bond acceptors (Lipinski definition) is 3. The van der Waals surface area contributed by atoms with Gasteiger partial charge in [-0.25, -0.2) is 4.79 Å². The third kappa shape index (κ3) is 3.44.